The van der Waals surface area contributed by atoms with Crippen LogP contribution in [0.2, 0.25) is 0 Å². The van der Waals surface area contributed by atoms with Crippen molar-refractivity contribution >= 4 is 22.6 Å². The normalized spacial score (nSPS) is 17.2. The Labute approximate surface area is 193 Å². The number of H-pyrrole nitrogens is 1. The molecule has 1 aromatic carbocycles. The van der Waals surface area contributed by atoms with Crippen LogP contribution in [0.5, 0.6) is 5.75 Å². The molecule has 33 heavy (non-hydrogen) atoms. The third-order valence-electron chi connectivity index (χ3n) is 5.77. The van der Waals surface area contributed by atoms with E-state index < -0.39 is 5.60 Å². The number of benzene rings is 1. The van der Waals surface area contributed by atoms with Gasteiger partial charge in [-0.25, -0.2) is 9.37 Å². The highest BCUT2D eigenvalue weighted by Gasteiger charge is 2.25. The number of fused-ring (bicyclic) bond motifs is 1. The SMILES string of the molecule is COc1ccc(F)cc1-c1ccnc2[nH]c(C3=CC(C)N(CC(=O)OC(C)(C)C)CC3)cc12. The van der Waals surface area contributed by atoms with Crippen LogP contribution in [0.15, 0.2) is 42.6 Å². The number of nitrogens with zero attached hydrogens (tertiary/aromatic N) is 2. The lowest BCUT2D eigenvalue weighted by molar-refractivity contribution is -0.156. The first-order valence-electron chi connectivity index (χ1n) is 11.1. The molecule has 0 saturated carbocycles. The number of nitrogens with one attached hydrogen (secondary N) is 1. The lowest BCUT2D eigenvalue weighted by atomic mass is 9.99. The van der Waals surface area contributed by atoms with E-state index in [1.807, 2.05) is 26.8 Å². The summed E-state index contributed by atoms with van der Waals surface area (Å²) in [7, 11) is 1.58. The zero-order valence-electron chi connectivity index (χ0n) is 19.7. The Morgan fingerprint density at radius 2 is 2.03 bits per heavy atom. The molecule has 0 aliphatic carbocycles. The average molecular weight is 452 g/mol. The molecule has 3 heterocycles. The van der Waals surface area contributed by atoms with Gasteiger partial charge >= 0.3 is 5.97 Å². The summed E-state index contributed by atoms with van der Waals surface area (Å²) in [6.07, 6.45) is 4.67. The molecule has 2 aromatic heterocycles. The summed E-state index contributed by atoms with van der Waals surface area (Å²) in [4.78, 5) is 22.3. The van der Waals surface area contributed by atoms with Gasteiger partial charge in [-0.2, -0.15) is 0 Å². The number of aromatic amines is 1. The van der Waals surface area contributed by atoms with E-state index in [9.17, 15) is 9.18 Å². The van der Waals surface area contributed by atoms with Crippen LogP contribution < -0.4 is 4.74 Å². The third kappa shape index (κ3) is 5.09. The average Bonchev–Trinajstić information content (AvgIpc) is 3.18. The number of rotatable bonds is 5. The molecule has 7 heteroatoms. The van der Waals surface area contributed by atoms with Crippen LogP contribution in [0.3, 0.4) is 0 Å². The van der Waals surface area contributed by atoms with Gasteiger partial charge in [-0.05, 0) is 75.6 Å². The Bertz CT molecular complexity index is 1210. The van der Waals surface area contributed by atoms with E-state index in [0.29, 0.717) is 11.3 Å². The van der Waals surface area contributed by atoms with Gasteiger partial charge in [-0.3, -0.25) is 9.69 Å². The van der Waals surface area contributed by atoms with Gasteiger partial charge in [0.15, 0.2) is 0 Å². The first-order valence-corrected chi connectivity index (χ1v) is 11.1. The fraction of sp³-hybridized carbons (Fsp3) is 0.385. The minimum atomic E-state index is -0.490. The molecule has 1 unspecified atom stereocenters. The number of pyridine rings is 1. The molecular formula is C26H30FN3O3. The van der Waals surface area contributed by atoms with E-state index in [4.69, 9.17) is 9.47 Å². The summed E-state index contributed by atoms with van der Waals surface area (Å²) in [5.74, 6) is 0.0741. The number of carbonyl (C=O) groups is 1. The minimum Gasteiger partial charge on any atom is -0.496 e. The molecule has 0 amide bonds. The molecule has 174 valence electrons. The largest absolute Gasteiger partial charge is 0.496 e. The molecule has 0 radical (unpaired) electrons. The summed E-state index contributed by atoms with van der Waals surface area (Å²) in [6.45, 7) is 8.72. The zero-order chi connectivity index (χ0) is 23.8. The Morgan fingerprint density at radius 3 is 2.73 bits per heavy atom. The van der Waals surface area contributed by atoms with Crippen molar-refractivity contribution in [3.8, 4) is 16.9 Å². The monoisotopic (exact) mass is 451 g/mol. The number of carbonyl (C=O) groups excluding carboxylic acids is 1. The molecular weight excluding hydrogens is 421 g/mol. The fourth-order valence-corrected chi connectivity index (χ4v) is 4.26. The number of aromatic nitrogens is 2. The molecule has 0 bridgehead atoms. The number of halogens is 1. The quantitative estimate of drug-likeness (QED) is 0.540. The molecule has 4 rings (SSSR count). The van der Waals surface area contributed by atoms with Crippen LogP contribution in [0.1, 0.15) is 39.8 Å². The van der Waals surface area contributed by atoms with Gasteiger partial charge in [0.1, 0.15) is 22.8 Å². The highest BCUT2D eigenvalue weighted by atomic mass is 19.1. The van der Waals surface area contributed by atoms with Crippen molar-refractivity contribution in [1.82, 2.24) is 14.9 Å². The van der Waals surface area contributed by atoms with Crippen molar-refractivity contribution < 1.29 is 18.7 Å². The van der Waals surface area contributed by atoms with Crippen LogP contribution in [0, 0.1) is 5.82 Å². The van der Waals surface area contributed by atoms with Crippen LogP contribution in [0.4, 0.5) is 4.39 Å². The Morgan fingerprint density at radius 1 is 1.24 bits per heavy atom. The number of methoxy groups -OCH3 is 1. The Hall–Kier alpha value is -3.19. The van der Waals surface area contributed by atoms with Crippen LogP contribution >= 0.6 is 0 Å². The van der Waals surface area contributed by atoms with E-state index in [1.165, 1.54) is 12.1 Å². The maximum Gasteiger partial charge on any atom is 0.320 e. The van der Waals surface area contributed by atoms with Crippen LogP contribution in [-0.2, 0) is 9.53 Å². The second-order valence-electron chi connectivity index (χ2n) is 9.39. The molecule has 3 aromatic rings. The van der Waals surface area contributed by atoms with E-state index in [2.05, 4.69) is 33.9 Å². The number of esters is 1. The van der Waals surface area contributed by atoms with E-state index >= 15 is 0 Å². The maximum absolute atomic E-state index is 14.0. The minimum absolute atomic E-state index is 0.0865. The molecule has 6 nitrogen and oxygen atoms in total. The summed E-state index contributed by atoms with van der Waals surface area (Å²) >= 11 is 0. The molecule has 1 N–H and O–H groups in total. The van der Waals surface area contributed by atoms with Gasteiger partial charge in [0.05, 0.1) is 13.7 Å². The van der Waals surface area contributed by atoms with Crippen molar-refractivity contribution in [2.45, 2.75) is 45.8 Å². The first kappa shape index (κ1) is 23.0. The molecule has 1 aliphatic rings. The highest BCUT2D eigenvalue weighted by Crippen LogP contribution is 2.36. The Kier molecular flexibility index (Phi) is 6.26. The van der Waals surface area contributed by atoms with Crippen LogP contribution in [0.25, 0.3) is 27.7 Å². The maximum atomic E-state index is 14.0. The number of ether oxygens (including phenoxy) is 2. The number of hydrogen-bond acceptors (Lipinski definition) is 5. The molecule has 0 fully saturated rings. The van der Waals surface area contributed by atoms with Gasteiger partial charge in [-0.1, -0.05) is 6.08 Å². The fourth-order valence-electron chi connectivity index (χ4n) is 4.26. The number of hydrogen-bond donors (Lipinski definition) is 1. The topological polar surface area (TPSA) is 67.5 Å². The predicted octanol–water partition coefficient (Wildman–Crippen LogP) is 5.20. The Balaban J connectivity index is 1.61. The zero-order valence-corrected chi connectivity index (χ0v) is 19.7. The van der Waals surface area contributed by atoms with Gasteiger partial charge in [0.25, 0.3) is 0 Å². The lowest BCUT2D eigenvalue weighted by Crippen LogP contribution is -2.41. The predicted molar refractivity (Wildman–Crippen MR) is 128 cm³/mol. The summed E-state index contributed by atoms with van der Waals surface area (Å²) in [6, 6.07) is 8.53. The molecule has 0 saturated heterocycles. The molecule has 1 aliphatic heterocycles. The summed E-state index contributed by atoms with van der Waals surface area (Å²) in [5, 5.41) is 0.904. The first-order chi connectivity index (χ1) is 15.6. The van der Waals surface area contributed by atoms with Gasteiger partial charge in [-0.15, -0.1) is 0 Å². The highest BCUT2D eigenvalue weighted by molar-refractivity contribution is 5.96. The van der Waals surface area contributed by atoms with Gasteiger partial charge in [0.2, 0.25) is 0 Å². The van der Waals surface area contributed by atoms with Crippen molar-refractivity contribution in [2.24, 2.45) is 0 Å². The van der Waals surface area contributed by atoms with Crippen molar-refractivity contribution in [3.63, 3.8) is 0 Å². The molecule has 1 atom stereocenters. The molecule has 0 spiro atoms. The van der Waals surface area contributed by atoms with Crippen molar-refractivity contribution in [3.05, 3.63) is 54.1 Å². The standard InChI is InChI=1S/C26H30FN3O3/c1-16-12-17(9-11-30(16)15-24(31)33-26(2,3)4)22-14-21-19(8-10-28-25(21)29-22)20-13-18(27)6-7-23(20)32-5/h6-8,10,12-14,16H,9,11,15H2,1-5H3,(H,28,29). The van der Waals surface area contributed by atoms with Crippen molar-refractivity contribution in [2.75, 3.05) is 20.2 Å². The second-order valence-corrected chi connectivity index (χ2v) is 9.39. The van der Waals surface area contributed by atoms with Gasteiger partial charge < -0.3 is 14.5 Å². The van der Waals surface area contributed by atoms with Crippen molar-refractivity contribution in [1.29, 1.82) is 0 Å². The smallest absolute Gasteiger partial charge is 0.320 e. The lowest BCUT2D eigenvalue weighted by Gasteiger charge is -2.32. The third-order valence-corrected chi connectivity index (χ3v) is 5.77. The van der Waals surface area contributed by atoms with E-state index in [1.54, 1.807) is 19.4 Å². The van der Waals surface area contributed by atoms with E-state index in [0.717, 1.165) is 40.8 Å². The van der Waals surface area contributed by atoms with Crippen LogP contribution in [-0.4, -0.2) is 52.7 Å². The summed E-state index contributed by atoms with van der Waals surface area (Å²) in [5.41, 5.74) is 3.93. The second kappa shape index (κ2) is 8.98. The van der Waals surface area contributed by atoms with Gasteiger partial charge in [0, 0.05) is 35.4 Å². The van der Waals surface area contributed by atoms with E-state index in [-0.39, 0.29) is 24.4 Å². The summed E-state index contributed by atoms with van der Waals surface area (Å²) < 4.78 is 24.9.